The zero-order valence-electron chi connectivity index (χ0n) is 30.9. The van der Waals surface area contributed by atoms with Crippen molar-refractivity contribution in [2.75, 3.05) is 0 Å². The quantitative estimate of drug-likeness (QED) is 0.161. The van der Waals surface area contributed by atoms with E-state index >= 15 is 0 Å². The molecular weight excluding hydrogens is 873 g/mol. The van der Waals surface area contributed by atoms with E-state index < -0.39 is 0 Å². The zero-order valence-corrected chi connectivity index (χ0v) is 33.3. The van der Waals surface area contributed by atoms with Crippen LogP contribution in [0.4, 0.5) is 0 Å². The van der Waals surface area contributed by atoms with E-state index in [9.17, 15) is 0 Å². The van der Waals surface area contributed by atoms with Crippen LogP contribution in [0.5, 0.6) is 0 Å². The molecule has 0 bridgehead atoms. The third kappa shape index (κ3) is 9.49. The van der Waals surface area contributed by atoms with E-state index in [1.807, 2.05) is 158 Å². The fraction of sp³-hybridized carbons (Fsp3) is 0. The Morgan fingerprint density at radius 1 is 0.316 bits per heavy atom. The Morgan fingerprint density at radius 2 is 0.702 bits per heavy atom. The first-order valence-corrected chi connectivity index (χ1v) is 18.5. The van der Waals surface area contributed by atoms with Gasteiger partial charge in [0.1, 0.15) is 0 Å². The molecule has 0 aliphatic rings. The third-order valence-corrected chi connectivity index (χ3v) is 9.27. The summed E-state index contributed by atoms with van der Waals surface area (Å²) in [5.74, 6) is 0. The first kappa shape index (κ1) is 38.4. The summed E-state index contributed by atoms with van der Waals surface area (Å²) in [6.07, 6.45) is 7.38. The number of pyridine rings is 4. The van der Waals surface area contributed by atoms with Gasteiger partial charge in [0, 0.05) is 44.9 Å². The third-order valence-electron chi connectivity index (χ3n) is 9.27. The Bertz CT molecular complexity index is 2590. The number of benzene rings is 6. The van der Waals surface area contributed by atoms with Crippen molar-refractivity contribution in [2.24, 2.45) is 0 Å². The van der Waals surface area contributed by atoms with E-state index in [0.717, 1.165) is 45.0 Å². The number of nitrogens with zero attached hydrogens (tertiary/aromatic N) is 4. The van der Waals surface area contributed by atoms with E-state index in [0.29, 0.717) is 0 Å². The Kier molecular flexibility index (Phi) is 12.9. The van der Waals surface area contributed by atoms with E-state index in [2.05, 4.69) is 92.7 Å². The molecule has 6 aromatic carbocycles. The molecule has 0 amide bonds. The molecule has 1 radical (unpaired) electrons. The van der Waals surface area contributed by atoms with Crippen molar-refractivity contribution in [3.8, 4) is 56.2 Å². The van der Waals surface area contributed by atoms with Crippen LogP contribution < -0.4 is 0 Å². The fourth-order valence-corrected chi connectivity index (χ4v) is 6.51. The van der Waals surface area contributed by atoms with E-state index in [1.54, 1.807) is 0 Å². The Balaban J connectivity index is 0.000000134. The molecule has 0 saturated heterocycles. The monoisotopic (exact) mass is 909 g/mol. The molecule has 4 heterocycles. The van der Waals surface area contributed by atoms with Crippen LogP contribution in [0.1, 0.15) is 0 Å². The van der Waals surface area contributed by atoms with Crippen LogP contribution in [0.2, 0.25) is 0 Å². The summed E-state index contributed by atoms with van der Waals surface area (Å²) in [5.41, 5.74) is 10.5. The summed E-state index contributed by atoms with van der Waals surface area (Å²) in [5, 5.41) is 4.77. The van der Waals surface area contributed by atoms with E-state index in [1.165, 1.54) is 32.7 Å². The summed E-state index contributed by atoms with van der Waals surface area (Å²) in [6.45, 7) is 0. The number of hydrogen-bond donors (Lipinski definition) is 0. The predicted molar refractivity (Wildman–Crippen MR) is 230 cm³/mol. The van der Waals surface area contributed by atoms with Gasteiger partial charge in [-0.2, -0.15) is 0 Å². The molecule has 275 valence electrons. The Labute approximate surface area is 347 Å². The van der Waals surface area contributed by atoms with Gasteiger partial charge in [0.2, 0.25) is 0 Å². The second-order valence-corrected chi connectivity index (χ2v) is 12.9. The Hall–Kier alpha value is -6.91. The van der Waals surface area contributed by atoms with Crippen molar-refractivity contribution < 1.29 is 20.1 Å². The van der Waals surface area contributed by atoms with Crippen molar-refractivity contribution >= 4 is 21.5 Å². The molecule has 0 fully saturated rings. The second-order valence-electron chi connectivity index (χ2n) is 12.9. The van der Waals surface area contributed by atoms with Gasteiger partial charge in [-0.15, -0.1) is 71.8 Å². The molecule has 0 atom stereocenters. The number of hydrogen-bond acceptors (Lipinski definition) is 4. The normalized spacial score (nSPS) is 10.3. The molecule has 57 heavy (non-hydrogen) atoms. The van der Waals surface area contributed by atoms with Crippen molar-refractivity contribution in [1.82, 2.24) is 19.9 Å². The standard InChI is InChI=1S/C22H16N2.2C15H10N.Ir/c1-3-7-17(8-4-1)19-11-13-23-21(15-19)22-16-20(12-14-24-22)18-9-5-2-6-10-18;2*1-2-7-13(8-3-1)15-14-9-5-4-6-12(14)10-11-16-15;/h1-16H;2*1-7,9-11H;/q;2*-1;. The van der Waals surface area contributed by atoms with Gasteiger partial charge in [0.25, 0.3) is 0 Å². The van der Waals surface area contributed by atoms with Crippen molar-refractivity contribution in [3.63, 3.8) is 0 Å². The molecule has 0 N–H and O–H groups in total. The van der Waals surface area contributed by atoms with Gasteiger partial charge in [-0.1, -0.05) is 109 Å². The smallest absolute Gasteiger partial charge is 0.0892 e. The Morgan fingerprint density at radius 3 is 1.12 bits per heavy atom. The van der Waals surface area contributed by atoms with Gasteiger partial charge >= 0.3 is 0 Å². The molecule has 5 heteroatoms. The second kappa shape index (κ2) is 19.1. The van der Waals surface area contributed by atoms with Crippen LogP contribution in [0.3, 0.4) is 0 Å². The maximum Gasteiger partial charge on any atom is 0.0892 e. The van der Waals surface area contributed by atoms with Gasteiger partial charge in [-0.25, -0.2) is 0 Å². The summed E-state index contributed by atoms with van der Waals surface area (Å²) in [7, 11) is 0. The topological polar surface area (TPSA) is 51.6 Å². The average Bonchev–Trinajstić information content (AvgIpc) is 3.30. The van der Waals surface area contributed by atoms with Crippen LogP contribution in [-0.4, -0.2) is 19.9 Å². The molecular formula is C52H36IrN4-2. The molecule has 10 aromatic rings. The number of rotatable bonds is 5. The van der Waals surface area contributed by atoms with Gasteiger partial charge in [0.15, 0.2) is 0 Å². The molecule has 0 unspecified atom stereocenters. The molecule has 0 aliphatic carbocycles. The van der Waals surface area contributed by atoms with Gasteiger partial charge in [0.05, 0.1) is 11.4 Å². The van der Waals surface area contributed by atoms with Crippen LogP contribution in [0, 0.1) is 12.1 Å². The molecule has 4 aromatic heterocycles. The molecule has 0 aliphatic heterocycles. The number of aromatic nitrogens is 4. The molecule has 0 spiro atoms. The molecule has 0 saturated carbocycles. The minimum absolute atomic E-state index is 0. The zero-order chi connectivity index (χ0) is 37.8. The van der Waals surface area contributed by atoms with Crippen LogP contribution >= 0.6 is 0 Å². The summed E-state index contributed by atoms with van der Waals surface area (Å²) in [6, 6.07) is 71.8. The maximum atomic E-state index is 4.51. The average molecular weight is 909 g/mol. The fourth-order valence-electron chi connectivity index (χ4n) is 6.51. The van der Waals surface area contributed by atoms with Gasteiger partial charge in [-0.3, -0.25) is 9.97 Å². The van der Waals surface area contributed by atoms with Gasteiger partial charge in [-0.05, 0) is 91.6 Å². The largest absolute Gasteiger partial charge is 0.304 e. The number of fused-ring (bicyclic) bond motifs is 2. The first-order chi connectivity index (χ1) is 27.8. The van der Waals surface area contributed by atoms with E-state index in [-0.39, 0.29) is 20.1 Å². The predicted octanol–water partition coefficient (Wildman–Crippen LogP) is 12.9. The minimum Gasteiger partial charge on any atom is -0.304 e. The minimum atomic E-state index is 0. The SMILES string of the molecule is [Ir].[c-]1ccccc1-c1nccc2ccccc12.[c-]1ccccc1-c1nccc2ccccc12.c1ccc(-c2ccnc(-c3cc(-c4ccccc4)ccn3)c2)cc1. The van der Waals surface area contributed by atoms with Crippen LogP contribution in [-0.2, 0) is 20.1 Å². The first-order valence-electron chi connectivity index (χ1n) is 18.5. The maximum absolute atomic E-state index is 4.51. The molecule has 4 nitrogen and oxygen atoms in total. The van der Waals surface area contributed by atoms with Crippen LogP contribution in [0.15, 0.2) is 219 Å². The summed E-state index contributed by atoms with van der Waals surface area (Å²) in [4.78, 5) is 17.9. The van der Waals surface area contributed by atoms with Gasteiger partial charge < -0.3 is 9.97 Å². The van der Waals surface area contributed by atoms with Crippen LogP contribution in [0.25, 0.3) is 77.7 Å². The summed E-state index contributed by atoms with van der Waals surface area (Å²) < 4.78 is 0. The summed E-state index contributed by atoms with van der Waals surface area (Å²) >= 11 is 0. The van der Waals surface area contributed by atoms with Crippen molar-refractivity contribution in [2.45, 2.75) is 0 Å². The van der Waals surface area contributed by atoms with Crippen molar-refractivity contribution in [3.05, 3.63) is 231 Å². The van der Waals surface area contributed by atoms with E-state index in [4.69, 9.17) is 0 Å². The van der Waals surface area contributed by atoms with Crippen molar-refractivity contribution in [1.29, 1.82) is 0 Å². The molecule has 10 rings (SSSR count).